The van der Waals surface area contributed by atoms with Gasteiger partial charge in [-0.05, 0) is 17.7 Å². The molecule has 0 radical (unpaired) electrons. The number of hydrogen-bond donors (Lipinski definition) is 0. The summed E-state index contributed by atoms with van der Waals surface area (Å²) in [5.74, 6) is 1.32. The van der Waals surface area contributed by atoms with Crippen LogP contribution in [0.5, 0.6) is 0 Å². The molecule has 1 amide bonds. The van der Waals surface area contributed by atoms with Crippen molar-refractivity contribution in [1.82, 2.24) is 4.90 Å². The van der Waals surface area contributed by atoms with Gasteiger partial charge < -0.3 is 9.64 Å². The fourth-order valence-electron chi connectivity index (χ4n) is 2.78. The Labute approximate surface area is 112 Å². The van der Waals surface area contributed by atoms with Gasteiger partial charge in [0.25, 0.3) is 0 Å². The minimum Gasteiger partial charge on any atom is -0.381 e. The van der Waals surface area contributed by atoms with Gasteiger partial charge in [0.2, 0.25) is 5.91 Å². The second kappa shape index (κ2) is 4.90. The molecule has 2 atom stereocenters. The number of fused-ring (bicyclic) bond motifs is 1. The number of ether oxygens (including phenoxy) is 1. The van der Waals surface area contributed by atoms with Crippen LogP contribution in [0.4, 0.5) is 0 Å². The van der Waals surface area contributed by atoms with Gasteiger partial charge >= 0.3 is 0 Å². The number of benzene rings is 1. The van der Waals surface area contributed by atoms with E-state index in [9.17, 15) is 4.79 Å². The lowest BCUT2D eigenvalue weighted by atomic mass is 10.0. The van der Waals surface area contributed by atoms with Gasteiger partial charge in [-0.1, -0.05) is 23.7 Å². The third-order valence-electron chi connectivity index (χ3n) is 3.86. The minimum absolute atomic E-state index is 0.215. The van der Waals surface area contributed by atoms with Gasteiger partial charge in [-0.15, -0.1) is 0 Å². The molecule has 3 nitrogen and oxygen atoms in total. The largest absolute Gasteiger partial charge is 0.381 e. The first-order chi connectivity index (χ1) is 8.72. The highest BCUT2D eigenvalue weighted by molar-refractivity contribution is 6.30. The average Bonchev–Trinajstić information content (AvgIpc) is 2.92. The van der Waals surface area contributed by atoms with Gasteiger partial charge in [-0.3, -0.25) is 4.79 Å². The molecule has 96 valence electrons. The van der Waals surface area contributed by atoms with E-state index < -0.39 is 0 Å². The molecule has 2 fully saturated rings. The number of carbonyl (C=O) groups is 1. The van der Waals surface area contributed by atoms with Crippen LogP contribution < -0.4 is 0 Å². The molecule has 2 aliphatic heterocycles. The molecular weight excluding hydrogens is 250 g/mol. The topological polar surface area (TPSA) is 29.5 Å². The second-order valence-electron chi connectivity index (χ2n) is 5.16. The number of hydrogen-bond acceptors (Lipinski definition) is 2. The normalized spacial score (nSPS) is 26.4. The standard InChI is InChI=1S/C14H16ClNO2/c15-13-3-1-10(2-4-13)5-14(17)16-6-11-8-18-9-12(11)7-16/h1-4,11-12H,5-9H2/t11-,12+. The van der Waals surface area contributed by atoms with E-state index in [0.717, 1.165) is 31.9 Å². The summed E-state index contributed by atoms with van der Waals surface area (Å²) in [7, 11) is 0. The Bertz CT molecular complexity index is 434. The summed E-state index contributed by atoms with van der Waals surface area (Å²) in [6.45, 7) is 3.35. The van der Waals surface area contributed by atoms with E-state index in [2.05, 4.69) is 0 Å². The van der Waals surface area contributed by atoms with Crippen molar-refractivity contribution in [1.29, 1.82) is 0 Å². The van der Waals surface area contributed by atoms with E-state index in [0.29, 0.717) is 23.3 Å². The van der Waals surface area contributed by atoms with E-state index in [4.69, 9.17) is 16.3 Å². The molecule has 0 unspecified atom stereocenters. The van der Waals surface area contributed by atoms with Crippen LogP contribution in [0.25, 0.3) is 0 Å². The van der Waals surface area contributed by atoms with Crippen molar-refractivity contribution in [3.8, 4) is 0 Å². The summed E-state index contributed by atoms with van der Waals surface area (Å²) in [5.41, 5.74) is 1.03. The van der Waals surface area contributed by atoms with Gasteiger partial charge in [0.1, 0.15) is 0 Å². The molecule has 0 aromatic heterocycles. The summed E-state index contributed by atoms with van der Waals surface area (Å²) >= 11 is 5.83. The molecule has 0 N–H and O–H groups in total. The molecule has 0 bridgehead atoms. The number of rotatable bonds is 2. The maximum atomic E-state index is 12.2. The van der Waals surface area contributed by atoms with E-state index >= 15 is 0 Å². The highest BCUT2D eigenvalue weighted by Gasteiger charge is 2.38. The van der Waals surface area contributed by atoms with Crippen molar-refractivity contribution in [3.63, 3.8) is 0 Å². The monoisotopic (exact) mass is 265 g/mol. The van der Waals surface area contributed by atoms with E-state index in [1.807, 2.05) is 29.2 Å². The molecule has 1 aromatic carbocycles. The van der Waals surface area contributed by atoms with E-state index in [1.165, 1.54) is 0 Å². The molecule has 1 aromatic rings. The quantitative estimate of drug-likeness (QED) is 0.818. The summed E-state index contributed by atoms with van der Waals surface area (Å²) in [4.78, 5) is 14.2. The summed E-state index contributed by atoms with van der Waals surface area (Å²) < 4.78 is 5.42. The third-order valence-corrected chi connectivity index (χ3v) is 4.11. The van der Waals surface area contributed by atoms with Gasteiger partial charge in [-0.25, -0.2) is 0 Å². The third kappa shape index (κ3) is 2.38. The zero-order valence-corrected chi connectivity index (χ0v) is 10.9. The lowest BCUT2D eigenvalue weighted by Crippen LogP contribution is -2.31. The fourth-order valence-corrected chi connectivity index (χ4v) is 2.91. The van der Waals surface area contributed by atoms with Crippen molar-refractivity contribution in [2.75, 3.05) is 26.3 Å². The molecule has 0 spiro atoms. The van der Waals surface area contributed by atoms with E-state index in [-0.39, 0.29) is 5.91 Å². The zero-order chi connectivity index (χ0) is 12.5. The van der Waals surface area contributed by atoms with Crippen LogP contribution in [0.2, 0.25) is 5.02 Å². The number of likely N-dealkylation sites (tertiary alicyclic amines) is 1. The number of halogens is 1. The SMILES string of the molecule is O=C(Cc1ccc(Cl)cc1)N1C[C@H]2COC[C@H]2C1. The van der Waals surface area contributed by atoms with Gasteiger partial charge in [0.05, 0.1) is 19.6 Å². The first-order valence-corrected chi connectivity index (χ1v) is 6.70. The Morgan fingerprint density at radius 3 is 2.44 bits per heavy atom. The number of amides is 1. The van der Waals surface area contributed by atoms with Crippen LogP contribution in [0.1, 0.15) is 5.56 Å². The fraction of sp³-hybridized carbons (Fsp3) is 0.500. The van der Waals surface area contributed by atoms with Crippen LogP contribution in [-0.2, 0) is 16.0 Å². The zero-order valence-electron chi connectivity index (χ0n) is 10.1. The maximum absolute atomic E-state index is 12.2. The Balaban J connectivity index is 1.60. The Hall–Kier alpha value is -1.06. The van der Waals surface area contributed by atoms with Crippen LogP contribution >= 0.6 is 11.6 Å². The first kappa shape index (κ1) is 12.0. The smallest absolute Gasteiger partial charge is 0.227 e. The van der Waals surface area contributed by atoms with Crippen LogP contribution in [-0.4, -0.2) is 37.1 Å². The van der Waals surface area contributed by atoms with Gasteiger partial charge in [0, 0.05) is 29.9 Å². The molecule has 2 aliphatic rings. The predicted octanol–water partition coefficient (Wildman–Crippen LogP) is 1.99. The molecule has 18 heavy (non-hydrogen) atoms. The maximum Gasteiger partial charge on any atom is 0.227 e. The first-order valence-electron chi connectivity index (χ1n) is 6.32. The molecular formula is C14H16ClNO2. The van der Waals surface area contributed by atoms with E-state index in [1.54, 1.807) is 0 Å². The molecule has 3 rings (SSSR count). The highest BCUT2D eigenvalue weighted by atomic mass is 35.5. The Morgan fingerprint density at radius 2 is 1.83 bits per heavy atom. The summed E-state index contributed by atoms with van der Waals surface area (Å²) in [6.07, 6.45) is 0.470. The van der Waals surface area contributed by atoms with Crippen molar-refractivity contribution in [2.24, 2.45) is 11.8 Å². The summed E-state index contributed by atoms with van der Waals surface area (Å²) in [6, 6.07) is 7.49. The molecule has 4 heteroatoms. The Kier molecular flexibility index (Phi) is 3.27. The van der Waals surface area contributed by atoms with Crippen molar-refractivity contribution < 1.29 is 9.53 Å². The van der Waals surface area contributed by atoms with Crippen LogP contribution in [0.3, 0.4) is 0 Å². The molecule has 2 saturated heterocycles. The van der Waals surface area contributed by atoms with Crippen molar-refractivity contribution in [3.05, 3.63) is 34.9 Å². The van der Waals surface area contributed by atoms with Gasteiger partial charge in [-0.2, -0.15) is 0 Å². The lowest BCUT2D eigenvalue weighted by molar-refractivity contribution is -0.129. The van der Waals surface area contributed by atoms with Crippen molar-refractivity contribution in [2.45, 2.75) is 6.42 Å². The number of nitrogens with zero attached hydrogens (tertiary/aromatic N) is 1. The molecule has 2 heterocycles. The van der Waals surface area contributed by atoms with Crippen LogP contribution in [0.15, 0.2) is 24.3 Å². The number of carbonyl (C=O) groups excluding carboxylic acids is 1. The summed E-state index contributed by atoms with van der Waals surface area (Å²) in [5, 5.41) is 0.707. The Morgan fingerprint density at radius 1 is 1.22 bits per heavy atom. The van der Waals surface area contributed by atoms with Crippen LogP contribution in [0, 0.1) is 11.8 Å². The average molecular weight is 266 g/mol. The van der Waals surface area contributed by atoms with Gasteiger partial charge in [0.15, 0.2) is 0 Å². The highest BCUT2D eigenvalue weighted by Crippen LogP contribution is 2.29. The molecule has 0 saturated carbocycles. The molecule has 0 aliphatic carbocycles. The predicted molar refractivity (Wildman–Crippen MR) is 69.5 cm³/mol. The minimum atomic E-state index is 0.215. The lowest BCUT2D eigenvalue weighted by Gasteiger charge is -2.17. The second-order valence-corrected chi connectivity index (χ2v) is 5.60. The van der Waals surface area contributed by atoms with Crippen molar-refractivity contribution >= 4 is 17.5 Å².